The fourth-order valence-electron chi connectivity index (χ4n) is 3.26. The van der Waals surface area contributed by atoms with E-state index in [-0.39, 0.29) is 18.5 Å². The Hall–Kier alpha value is -2.59. The average molecular weight is 555 g/mol. The molecule has 0 saturated carbocycles. The van der Waals surface area contributed by atoms with Gasteiger partial charge >= 0.3 is 0 Å². The number of benzene rings is 2. The zero-order chi connectivity index (χ0) is 25.5. The van der Waals surface area contributed by atoms with E-state index in [0.717, 1.165) is 22.5 Å². The van der Waals surface area contributed by atoms with Crippen LogP contribution in [0.3, 0.4) is 0 Å². The monoisotopic (exact) mass is 553 g/mol. The highest BCUT2D eigenvalue weighted by Crippen LogP contribution is 2.28. The summed E-state index contributed by atoms with van der Waals surface area (Å²) in [5.41, 5.74) is 1.10. The number of carbonyl (C=O) groups excluding carboxylic acids is 2. The fraction of sp³-hybridized carbons (Fsp3) is 0.417. The van der Waals surface area contributed by atoms with Crippen molar-refractivity contribution in [2.24, 2.45) is 0 Å². The number of para-hydroxylation sites is 1. The molecule has 8 nitrogen and oxygen atoms in total. The first kappa shape index (κ1) is 27.7. The van der Waals surface area contributed by atoms with Crippen LogP contribution in [0, 0.1) is 0 Å². The van der Waals surface area contributed by atoms with Crippen LogP contribution in [0.25, 0.3) is 0 Å². The van der Waals surface area contributed by atoms with Crippen LogP contribution in [0.2, 0.25) is 0 Å². The van der Waals surface area contributed by atoms with E-state index in [1.54, 1.807) is 56.5 Å². The van der Waals surface area contributed by atoms with Gasteiger partial charge in [0.05, 0.1) is 19.1 Å². The summed E-state index contributed by atoms with van der Waals surface area (Å²) in [6.45, 7) is 5.14. The third-order valence-corrected chi connectivity index (χ3v) is 7.25. The lowest BCUT2D eigenvalue weighted by Crippen LogP contribution is -2.52. The fourth-order valence-corrected chi connectivity index (χ4v) is 4.74. The lowest BCUT2D eigenvalue weighted by molar-refractivity contribution is -0.139. The number of carbonyl (C=O) groups is 2. The normalized spacial score (nSPS) is 13.0. The molecule has 2 rings (SSSR count). The van der Waals surface area contributed by atoms with Gasteiger partial charge in [-0.25, -0.2) is 8.42 Å². The molecule has 0 unspecified atom stereocenters. The topological polar surface area (TPSA) is 96.0 Å². The van der Waals surface area contributed by atoms with Gasteiger partial charge in [-0.3, -0.25) is 13.9 Å². The van der Waals surface area contributed by atoms with Gasteiger partial charge in [0.1, 0.15) is 18.3 Å². The number of rotatable bonds is 11. The van der Waals surface area contributed by atoms with Gasteiger partial charge in [-0.1, -0.05) is 31.2 Å². The van der Waals surface area contributed by atoms with Gasteiger partial charge in [0, 0.05) is 17.1 Å². The Morgan fingerprint density at radius 3 is 2.38 bits per heavy atom. The minimum Gasteiger partial charge on any atom is -0.497 e. The van der Waals surface area contributed by atoms with E-state index in [4.69, 9.17) is 4.74 Å². The number of amides is 2. The standard InChI is InChI=1S/C24H32BrN3O5S/c1-6-17(2)26-24(30)18(3)27(15-19-10-9-11-20(14-19)33-4)23(29)16-28(34(5,31)32)22-13-8-7-12-21(22)25/h7-14,17-18H,6,15-16H2,1-5H3,(H,26,30)/t17-,18+/m1/s1. The molecule has 0 radical (unpaired) electrons. The molecule has 2 aromatic carbocycles. The number of anilines is 1. The predicted molar refractivity (Wildman–Crippen MR) is 137 cm³/mol. The molecule has 0 aliphatic rings. The van der Waals surface area contributed by atoms with Crippen LogP contribution in [0.1, 0.15) is 32.8 Å². The maximum absolute atomic E-state index is 13.5. The lowest BCUT2D eigenvalue weighted by atomic mass is 10.1. The molecular weight excluding hydrogens is 522 g/mol. The van der Waals surface area contributed by atoms with Crippen LogP contribution >= 0.6 is 15.9 Å². The zero-order valence-corrected chi connectivity index (χ0v) is 22.5. The molecule has 186 valence electrons. The maximum Gasteiger partial charge on any atom is 0.244 e. The van der Waals surface area contributed by atoms with Gasteiger partial charge in [-0.15, -0.1) is 0 Å². The largest absolute Gasteiger partial charge is 0.497 e. The van der Waals surface area contributed by atoms with Gasteiger partial charge in [-0.2, -0.15) is 0 Å². The molecule has 34 heavy (non-hydrogen) atoms. The van der Waals surface area contributed by atoms with Gasteiger partial charge in [-0.05, 0) is 66.0 Å². The Balaban J connectivity index is 2.41. The highest BCUT2D eigenvalue weighted by molar-refractivity contribution is 9.10. The second-order valence-corrected chi connectivity index (χ2v) is 10.8. The first-order valence-corrected chi connectivity index (χ1v) is 13.6. The molecule has 0 saturated heterocycles. The summed E-state index contributed by atoms with van der Waals surface area (Å²) in [6.07, 6.45) is 1.79. The van der Waals surface area contributed by atoms with Crippen LogP contribution in [0.15, 0.2) is 53.0 Å². The number of sulfonamides is 1. The van der Waals surface area contributed by atoms with E-state index in [1.807, 2.05) is 19.9 Å². The van der Waals surface area contributed by atoms with Gasteiger partial charge in [0.25, 0.3) is 0 Å². The molecule has 2 atom stereocenters. The number of ether oxygens (including phenoxy) is 1. The number of halogens is 1. The summed E-state index contributed by atoms with van der Waals surface area (Å²) in [6, 6.07) is 13.1. The molecule has 1 N–H and O–H groups in total. The third kappa shape index (κ3) is 7.46. The molecular formula is C24H32BrN3O5S. The van der Waals surface area contributed by atoms with Crippen molar-refractivity contribution in [2.75, 3.05) is 24.2 Å². The Morgan fingerprint density at radius 1 is 1.12 bits per heavy atom. The molecule has 0 aliphatic carbocycles. The Morgan fingerprint density at radius 2 is 1.79 bits per heavy atom. The van der Waals surface area contributed by atoms with E-state index in [2.05, 4.69) is 21.2 Å². The van der Waals surface area contributed by atoms with Crippen molar-refractivity contribution in [1.82, 2.24) is 10.2 Å². The van der Waals surface area contributed by atoms with Gasteiger partial charge in [0.15, 0.2) is 0 Å². The molecule has 0 aromatic heterocycles. The van der Waals surface area contributed by atoms with E-state index in [1.165, 1.54) is 4.90 Å². The van der Waals surface area contributed by atoms with Gasteiger partial charge in [0.2, 0.25) is 21.8 Å². The predicted octanol–water partition coefficient (Wildman–Crippen LogP) is 3.56. The first-order valence-electron chi connectivity index (χ1n) is 10.9. The van der Waals surface area contributed by atoms with Crippen molar-refractivity contribution >= 4 is 43.5 Å². The number of nitrogens with one attached hydrogen (secondary N) is 1. The zero-order valence-electron chi connectivity index (χ0n) is 20.1. The Kier molecular flexibility index (Phi) is 9.93. The molecule has 2 amide bonds. The molecule has 2 aromatic rings. The van der Waals surface area contributed by atoms with Crippen LogP contribution in [-0.2, 0) is 26.2 Å². The summed E-state index contributed by atoms with van der Waals surface area (Å²) in [5, 5.41) is 2.90. The number of nitrogens with zero attached hydrogens (tertiary/aromatic N) is 2. The summed E-state index contributed by atoms with van der Waals surface area (Å²) in [7, 11) is -2.24. The SMILES string of the molecule is CC[C@@H](C)NC(=O)[C@H](C)N(Cc1cccc(OC)c1)C(=O)CN(c1ccccc1Br)S(C)(=O)=O. The summed E-state index contributed by atoms with van der Waals surface area (Å²) in [4.78, 5) is 27.8. The maximum atomic E-state index is 13.5. The molecule has 0 spiro atoms. The van der Waals surface area contributed by atoms with E-state index >= 15 is 0 Å². The van der Waals surface area contributed by atoms with Crippen LogP contribution < -0.4 is 14.4 Å². The van der Waals surface area contributed by atoms with Crippen molar-refractivity contribution in [1.29, 1.82) is 0 Å². The van der Waals surface area contributed by atoms with E-state index in [9.17, 15) is 18.0 Å². The van der Waals surface area contributed by atoms with Crippen molar-refractivity contribution < 1.29 is 22.7 Å². The molecule has 0 bridgehead atoms. The highest BCUT2D eigenvalue weighted by Gasteiger charge is 2.31. The van der Waals surface area contributed by atoms with Crippen molar-refractivity contribution in [3.05, 3.63) is 58.6 Å². The van der Waals surface area contributed by atoms with Crippen molar-refractivity contribution in [3.63, 3.8) is 0 Å². The minimum absolute atomic E-state index is 0.0588. The Labute approximate surface area is 210 Å². The number of hydrogen-bond acceptors (Lipinski definition) is 5. The first-order chi connectivity index (χ1) is 16.0. The van der Waals surface area contributed by atoms with Crippen LogP contribution in [0.5, 0.6) is 5.75 Å². The highest BCUT2D eigenvalue weighted by atomic mass is 79.9. The van der Waals surface area contributed by atoms with Crippen molar-refractivity contribution in [3.8, 4) is 5.75 Å². The van der Waals surface area contributed by atoms with Crippen LogP contribution in [-0.4, -0.2) is 57.1 Å². The Bertz CT molecular complexity index is 1110. The summed E-state index contributed by atoms with van der Waals surface area (Å²) in [5.74, 6) is -0.194. The summed E-state index contributed by atoms with van der Waals surface area (Å²) < 4.78 is 32.1. The smallest absolute Gasteiger partial charge is 0.244 e. The second kappa shape index (κ2) is 12.2. The second-order valence-electron chi connectivity index (χ2n) is 8.09. The minimum atomic E-state index is -3.79. The van der Waals surface area contributed by atoms with E-state index in [0.29, 0.717) is 15.9 Å². The van der Waals surface area contributed by atoms with Gasteiger partial charge < -0.3 is 15.0 Å². The summed E-state index contributed by atoms with van der Waals surface area (Å²) >= 11 is 3.36. The quantitative estimate of drug-likeness (QED) is 0.459. The number of methoxy groups -OCH3 is 1. The van der Waals surface area contributed by atoms with E-state index < -0.39 is 28.5 Å². The molecule has 10 heteroatoms. The average Bonchev–Trinajstić information content (AvgIpc) is 2.80. The molecule has 0 heterocycles. The third-order valence-electron chi connectivity index (χ3n) is 5.46. The van der Waals surface area contributed by atoms with Crippen LogP contribution in [0.4, 0.5) is 5.69 Å². The molecule has 0 aliphatic heterocycles. The molecule has 0 fully saturated rings. The lowest BCUT2D eigenvalue weighted by Gasteiger charge is -2.32. The van der Waals surface area contributed by atoms with Crippen molar-refractivity contribution in [2.45, 2.75) is 45.8 Å². The number of hydrogen-bond donors (Lipinski definition) is 1.